The Morgan fingerprint density at radius 2 is 2.27 bits per heavy atom. The van der Waals surface area contributed by atoms with E-state index in [1.807, 2.05) is 6.92 Å². The minimum absolute atomic E-state index is 0.124. The lowest BCUT2D eigenvalue weighted by molar-refractivity contribution is 0.337. The molecular formula is C6H6Cl2N2O. The highest BCUT2D eigenvalue weighted by molar-refractivity contribution is 6.32. The van der Waals surface area contributed by atoms with E-state index in [0.717, 1.165) is 0 Å². The van der Waals surface area contributed by atoms with Crippen molar-refractivity contribution in [2.45, 2.75) is 6.92 Å². The molecule has 0 aliphatic carbocycles. The van der Waals surface area contributed by atoms with Gasteiger partial charge >= 0.3 is 0 Å². The minimum Gasteiger partial charge on any atom is -0.489 e. The van der Waals surface area contributed by atoms with Crippen molar-refractivity contribution in [1.82, 2.24) is 9.97 Å². The fourth-order valence-corrected chi connectivity index (χ4v) is 0.942. The molecule has 11 heavy (non-hydrogen) atoms. The quantitative estimate of drug-likeness (QED) is 0.533. The van der Waals surface area contributed by atoms with Gasteiger partial charge in [-0.25, -0.2) is 9.97 Å². The van der Waals surface area contributed by atoms with Crippen LogP contribution in [-0.4, -0.2) is 16.6 Å². The van der Waals surface area contributed by atoms with Crippen molar-refractivity contribution in [2.24, 2.45) is 0 Å². The Balaban J connectivity index is 2.90. The van der Waals surface area contributed by atoms with E-state index >= 15 is 0 Å². The second-order valence-corrected chi connectivity index (χ2v) is 2.42. The van der Waals surface area contributed by atoms with Gasteiger partial charge in [0.05, 0.1) is 12.8 Å². The number of hydrogen-bond donors (Lipinski definition) is 0. The number of halogens is 2. The topological polar surface area (TPSA) is 35.0 Å². The van der Waals surface area contributed by atoms with E-state index < -0.39 is 0 Å². The molecule has 0 radical (unpaired) electrons. The fraction of sp³-hybridized carbons (Fsp3) is 0.333. The van der Waals surface area contributed by atoms with Gasteiger partial charge in [0, 0.05) is 0 Å². The summed E-state index contributed by atoms with van der Waals surface area (Å²) in [5.41, 5.74) is 0. The molecule has 0 aliphatic rings. The van der Waals surface area contributed by atoms with Crippen molar-refractivity contribution < 1.29 is 4.74 Å². The molecule has 3 nitrogen and oxygen atoms in total. The largest absolute Gasteiger partial charge is 0.489 e. The summed E-state index contributed by atoms with van der Waals surface area (Å²) < 4.78 is 5.08. The Labute approximate surface area is 74.3 Å². The van der Waals surface area contributed by atoms with Gasteiger partial charge in [-0.2, -0.15) is 0 Å². The van der Waals surface area contributed by atoms with Crippen LogP contribution in [0.2, 0.25) is 10.4 Å². The third kappa shape index (κ3) is 2.20. The van der Waals surface area contributed by atoms with Gasteiger partial charge in [-0.05, 0) is 18.5 Å². The van der Waals surface area contributed by atoms with Crippen molar-refractivity contribution in [2.75, 3.05) is 6.61 Å². The summed E-state index contributed by atoms with van der Waals surface area (Å²) in [6.45, 7) is 2.38. The van der Waals surface area contributed by atoms with E-state index in [2.05, 4.69) is 9.97 Å². The number of rotatable bonds is 2. The highest BCUT2D eigenvalue weighted by Gasteiger charge is 2.02. The maximum Gasteiger partial charge on any atom is 0.224 e. The molecule has 0 unspecified atom stereocenters. The molecular weight excluding hydrogens is 187 g/mol. The van der Waals surface area contributed by atoms with Crippen LogP contribution in [0.3, 0.4) is 0 Å². The highest BCUT2D eigenvalue weighted by atomic mass is 35.5. The SMILES string of the molecule is CCOc1cnc(Cl)nc1Cl. The van der Waals surface area contributed by atoms with Gasteiger partial charge in [0.2, 0.25) is 5.28 Å². The summed E-state index contributed by atoms with van der Waals surface area (Å²) in [4.78, 5) is 7.39. The molecule has 0 fully saturated rings. The van der Waals surface area contributed by atoms with Crippen LogP contribution in [0.4, 0.5) is 0 Å². The molecule has 1 heterocycles. The summed E-state index contributed by atoms with van der Waals surface area (Å²) in [5, 5.41) is 0.366. The van der Waals surface area contributed by atoms with Crippen molar-refractivity contribution in [3.8, 4) is 5.75 Å². The van der Waals surface area contributed by atoms with Crippen molar-refractivity contribution in [3.05, 3.63) is 16.6 Å². The molecule has 0 amide bonds. The molecule has 0 bridgehead atoms. The van der Waals surface area contributed by atoms with E-state index in [1.54, 1.807) is 0 Å². The lowest BCUT2D eigenvalue weighted by Gasteiger charge is -2.02. The van der Waals surface area contributed by atoms with Crippen LogP contribution in [0.15, 0.2) is 6.20 Å². The molecule has 0 atom stereocenters. The fourth-order valence-electron chi connectivity index (χ4n) is 0.582. The Morgan fingerprint density at radius 1 is 1.55 bits per heavy atom. The standard InChI is InChI=1S/C6H6Cl2N2O/c1-2-11-4-3-9-6(8)10-5(4)7/h3H,2H2,1H3. The van der Waals surface area contributed by atoms with Gasteiger partial charge in [0.15, 0.2) is 10.9 Å². The first-order chi connectivity index (χ1) is 5.24. The van der Waals surface area contributed by atoms with Gasteiger partial charge in [-0.15, -0.1) is 0 Å². The maximum atomic E-state index is 5.65. The monoisotopic (exact) mass is 192 g/mol. The normalized spacial score (nSPS) is 9.73. The third-order valence-electron chi connectivity index (χ3n) is 0.982. The molecule has 1 aromatic rings. The lowest BCUT2D eigenvalue weighted by atomic mass is 10.6. The van der Waals surface area contributed by atoms with Crippen LogP contribution in [0.5, 0.6) is 5.75 Å². The van der Waals surface area contributed by atoms with Gasteiger partial charge in [0.25, 0.3) is 0 Å². The maximum absolute atomic E-state index is 5.65. The van der Waals surface area contributed by atoms with Crippen LogP contribution in [0.1, 0.15) is 6.92 Å². The van der Waals surface area contributed by atoms with Crippen LogP contribution in [-0.2, 0) is 0 Å². The molecule has 0 saturated carbocycles. The van der Waals surface area contributed by atoms with E-state index in [0.29, 0.717) is 12.4 Å². The van der Waals surface area contributed by atoms with Crippen LogP contribution < -0.4 is 4.74 Å². The predicted molar refractivity (Wildman–Crippen MR) is 43.2 cm³/mol. The Morgan fingerprint density at radius 3 is 2.82 bits per heavy atom. The first kappa shape index (κ1) is 8.56. The Hall–Kier alpha value is -0.540. The Kier molecular flexibility index (Phi) is 2.91. The first-order valence-corrected chi connectivity index (χ1v) is 3.80. The average molecular weight is 193 g/mol. The molecule has 0 N–H and O–H groups in total. The van der Waals surface area contributed by atoms with E-state index in [1.165, 1.54) is 6.20 Å². The summed E-state index contributed by atoms with van der Waals surface area (Å²) in [7, 11) is 0. The van der Waals surface area contributed by atoms with Crippen molar-refractivity contribution >= 4 is 23.2 Å². The number of hydrogen-bond acceptors (Lipinski definition) is 3. The molecule has 5 heteroatoms. The van der Waals surface area contributed by atoms with E-state index in [9.17, 15) is 0 Å². The molecule has 1 rings (SSSR count). The summed E-state index contributed by atoms with van der Waals surface area (Å²) >= 11 is 11.1. The lowest BCUT2D eigenvalue weighted by Crippen LogP contribution is -1.94. The zero-order valence-electron chi connectivity index (χ0n) is 5.84. The van der Waals surface area contributed by atoms with E-state index in [4.69, 9.17) is 27.9 Å². The Bertz CT molecular complexity index is 254. The number of nitrogens with zero attached hydrogens (tertiary/aromatic N) is 2. The molecule has 1 aromatic heterocycles. The third-order valence-corrected chi connectivity index (χ3v) is 1.43. The highest BCUT2D eigenvalue weighted by Crippen LogP contribution is 2.21. The van der Waals surface area contributed by atoms with Gasteiger partial charge in [0.1, 0.15) is 0 Å². The van der Waals surface area contributed by atoms with Crippen LogP contribution >= 0.6 is 23.2 Å². The van der Waals surface area contributed by atoms with Crippen molar-refractivity contribution in [3.63, 3.8) is 0 Å². The number of ether oxygens (including phenoxy) is 1. The van der Waals surface area contributed by atoms with Gasteiger partial charge in [-0.3, -0.25) is 0 Å². The molecule has 60 valence electrons. The van der Waals surface area contributed by atoms with Crippen LogP contribution in [0, 0.1) is 0 Å². The minimum atomic E-state index is 0.124. The molecule has 0 aromatic carbocycles. The zero-order chi connectivity index (χ0) is 8.27. The van der Waals surface area contributed by atoms with E-state index in [-0.39, 0.29) is 10.4 Å². The van der Waals surface area contributed by atoms with Crippen molar-refractivity contribution in [1.29, 1.82) is 0 Å². The zero-order valence-corrected chi connectivity index (χ0v) is 7.35. The second kappa shape index (κ2) is 3.74. The summed E-state index contributed by atoms with van der Waals surface area (Å²) in [5.74, 6) is 0.457. The van der Waals surface area contributed by atoms with Gasteiger partial charge < -0.3 is 4.74 Å². The summed E-state index contributed by atoms with van der Waals surface area (Å²) in [6, 6.07) is 0. The molecule has 0 saturated heterocycles. The van der Waals surface area contributed by atoms with Gasteiger partial charge in [-0.1, -0.05) is 11.6 Å². The first-order valence-electron chi connectivity index (χ1n) is 3.05. The number of aromatic nitrogens is 2. The smallest absolute Gasteiger partial charge is 0.224 e. The summed E-state index contributed by atoms with van der Waals surface area (Å²) in [6.07, 6.45) is 1.45. The van der Waals surface area contributed by atoms with Crippen LogP contribution in [0.25, 0.3) is 0 Å². The molecule has 0 aliphatic heterocycles. The average Bonchev–Trinajstić information content (AvgIpc) is 1.95. The molecule has 0 spiro atoms. The predicted octanol–water partition coefficient (Wildman–Crippen LogP) is 2.18. The second-order valence-electron chi connectivity index (χ2n) is 1.73.